The summed E-state index contributed by atoms with van der Waals surface area (Å²) < 4.78 is 0. The molecule has 1 amide bonds. The van der Waals surface area contributed by atoms with Crippen molar-refractivity contribution in [2.75, 3.05) is 20.1 Å². The number of nitrogens with zero attached hydrogens (tertiary/aromatic N) is 1. The van der Waals surface area contributed by atoms with Gasteiger partial charge in [-0.3, -0.25) is 4.79 Å². The molecule has 0 unspecified atom stereocenters. The fourth-order valence-corrected chi connectivity index (χ4v) is 1.88. The zero-order valence-electron chi connectivity index (χ0n) is 9.92. The van der Waals surface area contributed by atoms with Crippen LogP contribution in [0.25, 0.3) is 0 Å². The van der Waals surface area contributed by atoms with Gasteiger partial charge in [-0.2, -0.15) is 0 Å². The summed E-state index contributed by atoms with van der Waals surface area (Å²) in [5.41, 5.74) is -0.786. The Labute approximate surface area is 91.6 Å². The molecule has 2 N–H and O–H groups in total. The lowest BCUT2D eigenvalue weighted by Crippen LogP contribution is -2.46. The lowest BCUT2D eigenvalue weighted by atomic mass is 9.88. The van der Waals surface area contributed by atoms with Gasteiger partial charge in [-0.25, -0.2) is 0 Å². The maximum Gasteiger partial charge on any atom is 0.223 e. The predicted molar refractivity (Wildman–Crippen MR) is 59.6 cm³/mol. The number of likely N-dealkylation sites (tertiary alicyclic amines) is 1. The molecule has 4 nitrogen and oxygen atoms in total. The fraction of sp³-hybridized carbons (Fsp3) is 0.909. The van der Waals surface area contributed by atoms with Crippen LogP contribution in [0.15, 0.2) is 0 Å². The molecule has 0 aromatic heterocycles. The van der Waals surface area contributed by atoms with Gasteiger partial charge in [-0.05, 0) is 33.7 Å². The van der Waals surface area contributed by atoms with E-state index >= 15 is 0 Å². The molecule has 88 valence electrons. The molecule has 0 aromatic carbocycles. The summed E-state index contributed by atoms with van der Waals surface area (Å²) in [6, 6.07) is 0.146. The third kappa shape index (κ3) is 4.18. The summed E-state index contributed by atoms with van der Waals surface area (Å²) >= 11 is 0. The molecule has 0 bridgehead atoms. The number of hydrogen-bond donors (Lipinski definition) is 2. The van der Waals surface area contributed by atoms with Crippen LogP contribution in [0.2, 0.25) is 0 Å². The number of carbonyl (C=O) groups is 1. The van der Waals surface area contributed by atoms with Crippen LogP contribution in [0.1, 0.15) is 33.1 Å². The average Bonchev–Trinajstić information content (AvgIpc) is 2.09. The van der Waals surface area contributed by atoms with Crippen molar-refractivity contribution in [3.63, 3.8) is 0 Å². The summed E-state index contributed by atoms with van der Waals surface area (Å²) in [7, 11) is 2.04. The van der Waals surface area contributed by atoms with Gasteiger partial charge < -0.3 is 15.3 Å². The third-order valence-electron chi connectivity index (χ3n) is 2.86. The SMILES string of the molecule is CC(C)NC(=O)CC1(O)CCN(C)CC1. The minimum Gasteiger partial charge on any atom is -0.389 e. The highest BCUT2D eigenvalue weighted by Gasteiger charge is 2.33. The van der Waals surface area contributed by atoms with Gasteiger partial charge in [-0.15, -0.1) is 0 Å². The van der Waals surface area contributed by atoms with Crippen molar-refractivity contribution in [3.05, 3.63) is 0 Å². The van der Waals surface area contributed by atoms with Crippen LogP contribution in [0.3, 0.4) is 0 Å². The Hall–Kier alpha value is -0.610. The van der Waals surface area contributed by atoms with Crippen LogP contribution in [0.4, 0.5) is 0 Å². The standard InChI is InChI=1S/C11H22N2O2/c1-9(2)12-10(14)8-11(15)4-6-13(3)7-5-11/h9,15H,4-8H2,1-3H3,(H,12,14). The Morgan fingerprint density at radius 1 is 1.47 bits per heavy atom. The number of amides is 1. The van der Waals surface area contributed by atoms with Crippen molar-refractivity contribution >= 4 is 5.91 Å². The third-order valence-corrected chi connectivity index (χ3v) is 2.86. The molecule has 1 rings (SSSR count). The lowest BCUT2D eigenvalue weighted by molar-refractivity contribution is -0.128. The van der Waals surface area contributed by atoms with Crippen molar-refractivity contribution in [2.45, 2.75) is 44.8 Å². The van der Waals surface area contributed by atoms with E-state index in [1.807, 2.05) is 20.9 Å². The first-order chi connectivity index (χ1) is 6.91. The predicted octanol–water partition coefficient (Wildman–Crippen LogP) is 0.358. The number of rotatable bonds is 3. The summed E-state index contributed by atoms with van der Waals surface area (Å²) in [5, 5.41) is 13.0. The van der Waals surface area contributed by atoms with E-state index in [4.69, 9.17) is 0 Å². The molecule has 0 atom stereocenters. The molecule has 4 heteroatoms. The maximum absolute atomic E-state index is 11.5. The zero-order chi connectivity index (χ0) is 11.5. The first-order valence-corrected chi connectivity index (χ1v) is 5.61. The average molecular weight is 214 g/mol. The first kappa shape index (κ1) is 12.5. The van der Waals surface area contributed by atoms with Crippen molar-refractivity contribution in [1.29, 1.82) is 0 Å². The van der Waals surface area contributed by atoms with Crippen molar-refractivity contribution < 1.29 is 9.90 Å². The van der Waals surface area contributed by atoms with Crippen LogP contribution < -0.4 is 5.32 Å². The summed E-state index contributed by atoms with van der Waals surface area (Å²) in [6.07, 6.45) is 1.61. The van der Waals surface area contributed by atoms with Crippen LogP contribution in [-0.4, -0.2) is 47.7 Å². The highest BCUT2D eigenvalue weighted by molar-refractivity contribution is 5.77. The van der Waals surface area contributed by atoms with Gasteiger partial charge in [0.2, 0.25) is 5.91 Å². The molecule has 1 fully saturated rings. The van der Waals surface area contributed by atoms with Crippen molar-refractivity contribution in [2.24, 2.45) is 0 Å². The molecule has 1 aliphatic rings. The lowest BCUT2D eigenvalue weighted by Gasteiger charge is -2.36. The Bertz CT molecular complexity index is 221. The minimum atomic E-state index is -0.786. The molecule has 0 spiro atoms. The van der Waals surface area contributed by atoms with Gasteiger partial charge in [-0.1, -0.05) is 0 Å². The number of hydrogen-bond acceptors (Lipinski definition) is 3. The number of carbonyl (C=O) groups excluding carboxylic acids is 1. The van der Waals surface area contributed by atoms with Crippen LogP contribution >= 0.6 is 0 Å². The van der Waals surface area contributed by atoms with E-state index in [0.717, 1.165) is 13.1 Å². The molecule has 1 heterocycles. The van der Waals surface area contributed by atoms with Gasteiger partial charge in [0.15, 0.2) is 0 Å². The number of aliphatic hydroxyl groups is 1. The fourth-order valence-electron chi connectivity index (χ4n) is 1.88. The van der Waals surface area contributed by atoms with Gasteiger partial charge in [0, 0.05) is 19.1 Å². The minimum absolute atomic E-state index is 0.0444. The molecule has 0 saturated carbocycles. The smallest absolute Gasteiger partial charge is 0.223 e. The zero-order valence-corrected chi connectivity index (χ0v) is 9.92. The van der Waals surface area contributed by atoms with Crippen LogP contribution in [-0.2, 0) is 4.79 Å². The van der Waals surface area contributed by atoms with Gasteiger partial charge in [0.25, 0.3) is 0 Å². The summed E-state index contributed by atoms with van der Waals surface area (Å²) in [5.74, 6) is -0.0444. The highest BCUT2D eigenvalue weighted by atomic mass is 16.3. The van der Waals surface area contributed by atoms with E-state index < -0.39 is 5.60 Å². The summed E-state index contributed by atoms with van der Waals surface area (Å²) in [4.78, 5) is 13.7. The van der Waals surface area contributed by atoms with E-state index in [1.54, 1.807) is 0 Å². The Morgan fingerprint density at radius 2 is 2.00 bits per heavy atom. The Balaban J connectivity index is 2.39. The van der Waals surface area contributed by atoms with E-state index in [1.165, 1.54) is 0 Å². The molecular weight excluding hydrogens is 192 g/mol. The second-order valence-electron chi connectivity index (χ2n) is 4.93. The molecule has 1 aliphatic heterocycles. The topological polar surface area (TPSA) is 52.6 Å². The molecule has 0 aromatic rings. The molecule has 15 heavy (non-hydrogen) atoms. The van der Waals surface area contributed by atoms with E-state index in [0.29, 0.717) is 12.8 Å². The van der Waals surface area contributed by atoms with Crippen molar-refractivity contribution in [1.82, 2.24) is 10.2 Å². The second kappa shape index (κ2) is 4.94. The Kier molecular flexibility index (Phi) is 4.11. The summed E-state index contributed by atoms with van der Waals surface area (Å²) in [6.45, 7) is 5.59. The van der Waals surface area contributed by atoms with Gasteiger partial charge in [0.05, 0.1) is 12.0 Å². The molecular formula is C11H22N2O2. The molecule has 0 radical (unpaired) electrons. The van der Waals surface area contributed by atoms with Gasteiger partial charge >= 0.3 is 0 Å². The molecule has 0 aliphatic carbocycles. The second-order valence-corrected chi connectivity index (χ2v) is 4.93. The van der Waals surface area contributed by atoms with E-state index in [-0.39, 0.29) is 18.4 Å². The number of nitrogens with one attached hydrogen (secondary N) is 1. The van der Waals surface area contributed by atoms with Gasteiger partial charge in [0.1, 0.15) is 0 Å². The quantitative estimate of drug-likeness (QED) is 0.713. The van der Waals surface area contributed by atoms with E-state index in [2.05, 4.69) is 10.2 Å². The normalized spacial score (nSPS) is 21.7. The highest BCUT2D eigenvalue weighted by Crippen LogP contribution is 2.24. The van der Waals surface area contributed by atoms with Crippen LogP contribution in [0, 0.1) is 0 Å². The van der Waals surface area contributed by atoms with E-state index in [9.17, 15) is 9.90 Å². The monoisotopic (exact) mass is 214 g/mol. The largest absolute Gasteiger partial charge is 0.389 e. The first-order valence-electron chi connectivity index (χ1n) is 5.61. The van der Waals surface area contributed by atoms with Crippen LogP contribution in [0.5, 0.6) is 0 Å². The molecule has 1 saturated heterocycles. The Morgan fingerprint density at radius 3 is 2.47 bits per heavy atom. The van der Waals surface area contributed by atoms with Crippen molar-refractivity contribution in [3.8, 4) is 0 Å². The maximum atomic E-state index is 11.5. The number of piperidine rings is 1.